The summed E-state index contributed by atoms with van der Waals surface area (Å²) in [7, 11) is 0. The number of aliphatic hydroxyl groups is 2. The molecule has 1 heterocycles. The summed E-state index contributed by atoms with van der Waals surface area (Å²) < 4.78 is 13.2. The molecule has 2 rings (SSSR count). The fourth-order valence-electron chi connectivity index (χ4n) is 2.74. The molecule has 0 aliphatic carbocycles. The summed E-state index contributed by atoms with van der Waals surface area (Å²) in [6.07, 6.45) is 3.94. The van der Waals surface area contributed by atoms with Gasteiger partial charge in [-0.05, 0) is 43.9 Å². The first-order valence-corrected chi connectivity index (χ1v) is 6.53. The van der Waals surface area contributed by atoms with Gasteiger partial charge in [0.25, 0.3) is 0 Å². The predicted octanol–water partition coefficient (Wildman–Crippen LogP) is 2.06. The van der Waals surface area contributed by atoms with Crippen molar-refractivity contribution < 1.29 is 14.6 Å². The predicted molar refractivity (Wildman–Crippen MR) is 69.0 cm³/mol. The lowest BCUT2D eigenvalue weighted by molar-refractivity contribution is 0.277. The van der Waals surface area contributed by atoms with Gasteiger partial charge in [0.05, 0.1) is 6.61 Å². The second-order valence-corrected chi connectivity index (χ2v) is 4.79. The third-order valence-electron chi connectivity index (χ3n) is 3.59. The molecule has 0 radical (unpaired) electrons. The molecule has 4 heteroatoms. The van der Waals surface area contributed by atoms with Crippen LogP contribution in [0.4, 0.5) is 10.1 Å². The van der Waals surface area contributed by atoms with Crippen molar-refractivity contribution in [1.82, 2.24) is 0 Å². The van der Waals surface area contributed by atoms with Gasteiger partial charge in [-0.3, -0.25) is 0 Å². The second-order valence-electron chi connectivity index (χ2n) is 4.79. The number of anilines is 1. The van der Waals surface area contributed by atoms with Gasteiger partial charge in [-0.25, -0.2) is 4.39 Å². The summed E-state index contributed by atoms with van der Waals surface area (Å²) in [5, 5.41) is 18.2. The van der Waals surface area contributed by atoms with Crippen molar-refractivity contribution in [3.8, 4) is 0 Å². The molecule has 0 aromatic heterocycles. The maximum absolute atomic E-state index is 13.2. The summed E-state index contributed by atoms with van der Waals surface area (Å²) in [5.74, 6) is -0.311. The van der Waals surface area contributed by atoms with Crippen molar-refractivity contribution >= 4 is 5.69 Å². The Hall–Kier alpha value is -1.13. The molecule has 1 saturated heterocycles. The summed E-state index contributed by atoms with van der Waals surface area (Å²) >= 11 is 0. The number of hydrogen-bond acceptors (Lipinski definition) is 3. The van der Waals surface area contributed by atoms with Crippen molar-refractivity contribution in [2.75, 3.05) is 18.1 Å². The number of hydrogen-bond donors (Lipinski definition) is 2. The Morgan fingerprint density at radius 3 is 2.89 bits per heavy atom. The van der Waals surface area contributed by atoms with Gasteiger partial charge in [-0.1, -0.05) is 0 Å². The molecule has 1 aliphatic rings. The van der Waals surface area contributed by atoms with Gasteiger partial charge in [0, 0.05) is 30.4 Å². The van der Waals surface area contributed by atoms with Gasteiger partial charge < -0.3 is 15.1 Å². The fraction of sp³-hybridized carbons (Fsp3) is 0.571. The Labute approximate surface area is 107 Å². The van der Waals surface area contributed by atoms with E-state index in [0.29, 0.717) is 11.6 Å². The highest BCUT2D eigenvalue weighted by molar-refractivity contribution is 5.55. The quantitative estimate of drug-likeness (QED) is 0.844. The number of benzene rings is 1. The van der Waals surface area contributed by atoms with Crippen LogP contribution < -0.4 is 4.90 Å². The van der Waals surface area contributed by atoms with E-state index in [0.717, 1.165) is 37.9 Å². The molecular weight excluding hydrogens is 233 g/mol. The molecule has 1 aromatic rings. The first-order valence-electron chi connectivity index (χ1n) is 6.53. The average Bonchev–Trinajstić information content (AvgIpc) is 2.84. The topological polar surface area (TPSA) is 43.7 Å². The van der Waals surface area contributed by atoms with Gasteiger partial charge in [-0.2, -0.15) is 0 Å². The minimum absolute atomic E-state index is 0.143. The number of halogens is 1. The van der Waals surface area contributed by atoms with E-state index in [1.807, 2.05) is 0 Å². The SMILES string of the molecule is OCCCC1CCCN1c1ccc(F)cc1CO. The van der Waals surface area contributed by atoms with Gasteiger partial charge in [-0.15, -0.1) is 0 Å². The van der Waals surface area contributed by atoms with Crippen molar-refractivity contribution in [2.24, 2.45) is 0 Å². The standard InChI is InChI=1S/C14H20FNO2/c15-12-5-6-14(11(9-12)10-18)16-7-1-3-13(16)4-2-8-17/h5-6,9,13,17-18H,1-4,7-8,10H2. The van der Waals surface area contributed by atoms with Crippen LogP contribution in [0.2, 0.25) is 0 Å². The zero-order chi connectivity index (χ0) is 13.0. The third kappa shape index (κ3) is 2.82. The molecular formula is C14H20FNO2. The molecule has 1 atom stereocenters. The van der Waals surface area contributed by atoms with Crippen LogP contribution in [-0.4, -0.2) is 29.4 Å². The monoisotopic (exact) mass is 253 g/mol. The van der Waals surface area contributed by atoms with Crippen molar-refractivity contribution in [3.05, 3.63) is 29.6 Å². The van der Waals surface area contributed by atoms with Crippen molar-refractivity contribution in [2.45, 2.75) is 38.3 Å². The molecule has 3 nitrogen and oxygen atoms in total. The molecule has 0 amide bonds. The van der Waals surface area contributed by atoms with E-state index in [1.54, 1.807) is 6.07 Å². The lowest BCUT2D eigenvalue weighted by Gasteiger charge is -2.28. The van der Waals surface area contributed by atoms with Gasteiger partial charge >= 0.3 is 0 Å². The second kappa shape index (κ2) is 6.16. The van der Waals surface area contributed by atoms with Crippen LogP contribution in [0.5, 0.6) is 0 Å². The van der Waals surface area contributed by atoms with E-state index in [2.05, 4.69) is 4.90 Å². The van der Waals surface area contributed by atoms with Gasteiger partial charge in [0.15, 0.2) is 0 Å². The highest BCUT2D eigenvalue weighted by atomic mass is 19.1. The smallest absolute Gasteiger partial charge is 0.123 e. The lowest BCUT2D eigenvalue weighted by atomic mass is 10.1. The van der Waals surface area contributed by atoms with Crippen LogP contribution in [0.3, 0.4) is 0 Å². The Morgan fingerprint density at radius 1 is 1.33 bits per heavy atom. The van der Waals surface area contributed by atoms with E-state index in [1.165, 1.54) is 12.1 Å². The molecule has 1 aliphatic heterocycles. The molecule has 18 heavy (non-hydrogen) atoms. The van der Waals surface area contributed by atoms with Crippen LogP contribution in [0.1, 0.15) is 31.2 Å². The largest absolute Gasteiger partial charge is 0.396 e. The summed E-state index contributed by atoms with van der Waals surface area (Å²) in [6.45, 7) is 1.01. The zero-order valence-corrected chi connectivity index (χ0v) is 10.5. The molecule has 0 saturated carbocycles. The van der Waals surface area contributed by atoms with E-state index in [4.69, 9.17) is 5.11 Å². The van der Waals surface area contributed by atoms with E-state index < -0.39 is 0 Å². The highest BCUT2D eigenvalue weighted by Gasteiger charge is 2.25. The molecule has 1 fully saturated rings. The van der Waals surface area contributed by atoms with Crippen LogP contribution in [0.15, 0.2) is 18.2 Å². The zero-order valence-electron chi connectivity index (χ0n) is 10.5. The van der Waals surface area contributed by atoms with Crippen molar-refractivity contribution in [3.63, 3.8) is 0 Å². The molecule has 1 unspecified atom stereocenters. The minimum Gasteiger partial charge on any atom is -0.396 e. The Kier molecular flexibility index (Phi) is 4.55. The molecule has 100 valence electrons. The van der Waals surface area contributed by atoms with Crippen LogP contribution in [0, 0.1) is 5.82 Å². The first-order chi connectivity index (χ1) is 8.76. The fourth-order valence-corrected chi connectivity index (χ4v) is 2.74. The Balaban J connectivity index is 2.18. The molecule has 0 spiro atoms. The molecule has 2 N–H and O–H groups in total. The normalized spacial score (nSPS) is 19.5. The van der Waals surface area contributed by atoms with E-state index >= 15 is 0 Å². The van der Waals surface area contributed by atoms with Crippen LogP contribution >= 0.6 is 0 Å². The van der Waals surface area contributed by atoms with Crippen LogP contribution in [-0.2, 0) is 6.61 Å². The number of nitrogens with zero attached hydrogens (tertiary/aromatic N) is 1. The lowest BCUT2D eigenvalue weighted by Crippen LogP contribution is -2.30. The maximum Gasteiger partial charge on any atom is 0.123 e. The van der Waals surface area contributed by atoms with Gasteiger partial charge in [0.2, 0.25) is 0 Å². The van der Waals surface area contributed by atoms with E-state index in [9.17, 15) is 9.50 Å². The molecule has 1 aromatic carbocycles. The number of rotatable bonds is 5. The minimum atomic E-state index is -0.311. The van der Waals surface area contributed by atoms with Crippen molar-refractivity contribution in [1.29, 1.82) is 0 Å². The molecule has 0 bridgehead atoms. The first kappa shape index (κ1) is 13.3. The Morgan fingerprint density at radius 2 is 2.17 bits per heavy atom. The summed E-state index contributed by atoms with van der Waals surface area (Å²) in [6, 6.07) is 4.98. The Bertz CT molecular complexity index is 397. The highest BCUT2D eigenvalue weighted by Crippen LogP contribution is 2.31. The summed E-state index contributed by atoms with van der Waals surface area (Å²) in [4.78, 5) is 2.24. The average molecular weight is 253 g/mol. The van der Waals surface area contributed by atoms with Gasteiger partial charge in [0.1, 0.15) is 5.82 Å². The van der Waals surface area contributed by atoms with Crippen LogP contribution in [0.25, 0.3) is 0 Å². The summed E-state index contributed by atoms with van der Waals surface area (Å²) in [5.41, 5.74) is 1.57. The third-order valence-corrected chi connectivity index (χ3v) is 3.59. The number of aliphatic hydroxyl groups excluding tert-OH is 2. The maximum atomic E-state index is 13.2. The van der Waals surface area contributed by atoms with E-state index in [-0.39, 0.29) is 19.0 Å².